The molecule has 0 aliphatic rings. The van der Waals surface area contributed by atoms with Crippen LogP contribution in [0.5, 0.6) is 6.01 Å². The lowest BCUT2D eigenvalue weighted by molar-refractivity contribution is 0.430. The van der Waals surface area contributed by atoms with Gasteiger partial charge >= 0.3 is 6.01 Å². The van der Waals surface area contributed by atoms with E-state index >= 15 is 0 Å². The number of hydrogen-bond acceptors (Lipinski definition) is 4. The van der Waals surface area contributed by atoms with E-state index in [0.29, 0.717) is 5.56 Å². The van der Waals surface area contributed by atoms with Gasteiger partial charge in [-0.25, -0.2) is 9.97 Å². The summed E-state index contributed by atoms with van der Waals surface area (Å²) < 4.78 is 0. The van der Waals surface area contributed by atoms with Crippen molar-refractivity contribution in [2.45, 2.75) is 0 Å². The summed E-state index contributed by atoms with van der Waals surface area (Å²) in [5, 5.41) is 15.5. The van der Waals surface area contributed by atoms with E-state index in [1.807, 2.05) is 0 Å². The van der Waals surface area contributed by atoms with Crippen molar-refractivity contribution in [2.24, 2.45) is 5.73 Å². The number of nitrogens with zero attached hydrogens (tertiary/aromatic N) is 2. The van der Waals surface area contributed by atoms with Gasteiger partial charge in [-0.1, -0.05) is 0 Å². The molecule has 1 rings (SSSR count). The summed E-state index contributed by atoms with van der Waals surface area (Å²) >= 11 is 0. The zero-order valence-electron chi connectivity index (χ0n) is 5.07. The highest BCUT2D eigenvalue weighted by Gasteiger charge is 1.96. The fraction of sp³-hybridized carbons (Fsp3) is 0. The first kappa shape index (κ1) is 6.47. The fourth-order valence-corrected chi connectivity index (χ4v) is 0.460. The molecule has 0 bridgehead atoms. The molecule has 0 unspecified atom stereocenters. The van der Waals surface area contributed by atoms with Gasteiger partial charge in [0.2, 0.25) is 0 Å². The van der Waals surface area contributed by atoms with E-state index in [1.54, 1.807) is 0 Å². The maximum Gasteiger partial charge on any atom is 0.313 e. The minimum atomic E-state index is -0.315. The van der Waals surface area contributed by atoms with Crippen LogP contribution in [-0.2, 0) is 0 Å². The molecule has 5 heteroatoms. The molecule has 0 fully saturated rings. The van der Waals surface area contributed by atoms with Gasteiger partial charge in [-0.3, -0.25) is 5.41 Å². The Morgan fingerprint density at radius 2 is 2.00 bits per heavy atom. The van der Waals surface area contributed by atoms with Gasteiger partial charge in [-0.05, 0) is 0 Å². The molecule has 0 aliphatic heterocycles. The zero-order valence-corrected chi connectivity index (χ0v) is 5.07. The smallest absolute Gasteiger partial charge is 0.313 e. The first-order valence-electron chi connectivity index (χ1n) is 2.55. The Morgan fingerprint density at radius 1 is 1.50 bits per heavy atom. The Morgan fingerprint density at radius 3 is 2.40 bits per heavy atom. The van der Waals surface area contributed by atoms with Crippen LogP contribution in [-0.4, -0.2) is 20.9 Å². The molecular formula is C5H6N4O. The Balaban J connectivity index is 3.00. The van der Waals surface area contributed by atoms with Crippen LogP contribution in [0.1, 0.15) is 5.56 Å². The summed E-state index contributed by atoms with van der Waals surface area (Å²) in [5.41, 5.74) is 5.49. The van der Waals surface area contributed by atoms with Gasteiger partial charge in [0.15, 0.2) is 0 Å². The third-order valence-electron chi connectivity index (χ3n) is 0.949. The molecule has 0 amide bonds. The quantitative estimate of drug-likeness (QED) is 0.359. The predicted molar refractivity (Wildman–Crippen MR) is 34.7 cm³/mol. The second-order valence-corrected chi connectivity index (χ2v) is 1.69. The van der Waals surface area contributed by atoms with Crippen molar-refractivity contribution in [3.63, 3.8) is 0 Å². The molecule has 0 radical (unpaired) electrons. The number of nitrogen functional groups attached to an aromatic ring is 1. The van der Waals surface area contributed by atoms with Crippen molar-refractivity contribution in [3.05, 3.63) is 18.0 Å². The number of nitrogens with two attached hydrogens (primary N) is 1. The number of aromatic nitrogens is 2. The molecule has 4 N–H and O–H groups in total. The van der Waals surface area contributed by atoms with Crippen LogP contribution in [0.4, 0.5) is 0 Å². The summed E-state index contributed by atoms with van der Waals surface area (Å²) in [6.45, 7) is 0. The van der Waals surface area contributed by atoms with Crippen LogP contribution in [0.25, 0.3) is 0 Å². The van der Waals surface area contributed by atoms with Gasteiger partial charge in [0.05, 0.1) is 5.56 Å². The normalized spacial score (nSPS) is 9.20. The Labute approximate surface area is 57.1 Å². The van der Waals surface area contributed by atoms with E-state index in [9.17, 15) is 0 Å². The summed E-state index contributed by atoms with van der Waals surface area (Å²) in [5.74, 6) is -0.111. The van der Waals surface area contributed by atoms with Crippen LogP contribution >= 0.6 is 0 Å². The van der Waals surface area contributed by atoms with Crippen molar-refractivity contribution in [2.75, 3.05) is 0 Å². The van der Waals surface area contributed by atoms with Crippen molar-refractivity contribution >= 4 is 5.84 Å². The van der Waals surface area contributed by atoms with E-state index in [-0.39, 0.29) is 11.8 Å². The van der Waals surface area contributed by atoms with Gasteiger partial charge in [0, 0.05) is 12.4 Å². The summed E-state index contributed by atoms with van der Waals surface area (Å²) in [6, 6.07) is -0.315. The van der Waals surface area contributed by atoms with Gasteiger partial charge in [-0.15, -0.1) is 0 Å². The predicted octanol–water partition coefficient (Wildman–Crippen LogP) is -0.534. The largest absolute Gasteiger partial charge is 0.479 e. The average molecular weight is 138 g/mol. The Bertz CT molecular complexity index is 242. The summed E-state index contributed by atoms with van der Waals surface area (Å²) in [4.78, 5) is 6.85. The topological polar surface area (TPSA) is 95.9 Å². The molecule has 10 heavy (non-hydrogen) atoms. The number of rotatable bonds is 1. The number of amidine groups is 1. The van der Waals surface area contributed by atoms with Crippen LogP contribution < -0.4 is 5.73 Å². The highest BCUT2D eigenvalue weighted by atomic mass is 16.3. The molecule has 0 aliphatic carbocycles. The standard InChI is InChI=1S/C5H6N4O/c6-4(7)3-1-8-5(10)9-2-3/h1-2H,(H3,6,7)(H,8,9,10). The number of aromatic hydroxyl groups is 1. The third-order valence-corrected chi connectivity index (χ3v) is 0.949. The minimum Gasteiger partial charge on any atom is -0.479 e. The molecule has 1 aromatic heterocycles. The maximum absolute atomic E-state index is 8.60. The number of hydrogen-bond donors (Lipinski definition) is 3. The van der Waals surface area contributed by atoms with Crippen LogP contribution in [0.15, 0.2) is 12.4 Å². The van der Waals surface area contributed by atoms with Crippen molar-refractivity contribution in [1.82, 2.24) is 9.97 Å². The van der Waals surface area contributed by atoms with Gasteiger partial charge in [-0.2, -0.15) is 0 Å². The average Bonchev–Trinajstić information content (AvgIpc) is 1.88. The summed E-state index contributed by atoms with van der Waals surface area (Å²) in [7, 11) is 0. The molecular weight excluding hydrogens is 132 g/mol. The first-order valence-corrected chi connectivity index (χ1v) is 2.55. The monoisotopic (exact) mass is 138 g/mol. The SMILES string of the molecule is N=C(N)c1cnc(O)nc1. The minimum absolute atomic E-state index is 0.111. The maximum atomic E-state index is 8.60. The third kappa shape index (κ3) is 1.19. The highest BCUT2D eigenvalue weighted by Crippen LogP contribution is 1.97. The summed E-state index contributed by atoms with van der Waals surface area (Å²) in [6.07, 6.45) is 2.56. The van der Waals surface area contributed by atoms with E-state index in [2.05, 4.69) is 9.97 Å². The lowest BCUT2D eigenvalue weighted by atomic mass is 10.3. The molecule has 0 atom stereocenters. The van der Waals surface area contributed by atoms with Crippen molar-refractivity contribution < 1.29 is 5.11 Å². The van der Waals surface area contributed by atoms with Gasteiger partial charge in [0.1, 0.15) is 5.84 Å². The van der Waals surface area contributed by atoms with E-state index in [0.717, 1.165) is 0 Å². The van der Waals surface area contributed by atoms with Crippen molar-refractivity contribution in [1.29, 1.82) is 5.41 Å². The van der Waals surface area contributed by atoms with E-state index < -0.39 is 0 Å². The highest BCUT2D eigenvalue weighted by molar-refractivity contribution is 5.94. The van der Waals surface area contributed by atoms with Crippen LogP contribution in [0, 0.1) is 5.41 Å². The molecule has 5 nitrogen and oxygen atoms in total. The molecule has 52 valence electrons. The Kier molecular flexibility index (Phi) is 1.49. The molecule has 0 saturated heterocycles. The van der Waals surface area contributed by atoms with E-state index in [4.69, 9.17) is 16.2 Å². The molecule has 0 aromatic carbocycles. The first-order chi connectivity index (χ1) is 4.70. The second kappa shape index (κ2) is 2.30. The number of nitrogens with one attached hydrogen (secondary N) is 1. The Hall–Kier alpha value is -1.65. The van der Waals surface area contributed by atoms with Gasteiger partial charge < -0.3 is 10.8 Å². The van der Waals surface area contributed by atoms with E-state index in [1.165, 1.54) is 12.4 Å². The molecule has 1 aromatic rings. The second-order valence-electron chi connectivity index (χ2n) is 1.69. The van der Waals surface area contributed by atoms with Crippen LogP contribution in [0.3, 0.4) is 0 Å². The lowest BCUT2D eigenvalue weighted by Gasteiger charge is -1.93. The van der Waals surface area contributed by atoms with Crippen LogP contribution in [0.2, 0.25) is 0 Å². The van der Waals surface area contributed by atoms with Crippen molar-refractivity contribution in [3.8, 4) is 6.01 Å². The molecule has 0 saturated carbocycles. The van der Waals surface area contributed by atoms with Gasteiger partial charge in [0.25, 0.3) is 0 Å². The lowest BCUT2D eigenvalue weighted by Crippen LogP contribution is -2.11. The molecule has 0 spiro atoms. The zero-order chi connectivity index (χ0) is 7.56. The fourth-order valence-electron chi connectivity index (χ4n) is 0.460. The molecule has 1 heterocycles.